The van der Waals surface area contributed by atoms with Crippen molar-refractivity contribution in [1.82, 2.24) is 0 Å². The summed E-state index contributed by atoms with van der Waals surface area (Å²) >= 11 is 0. The molecule has 79 heavy (non-hydrogen) atoms. The molecule has 0 aliphatic rings. The van der Waals surface area contributed by atoms with Crippen LogP contribution in [0.2, 0.25) is 0 Å². The maximum atomic E-state index is 12.9. The molecule has 0 N–H and O–H groups in total. The summed E-state index contributed by atoms with van der Waals surface area (Å²) < 4.78 is 16.9. The van der Waals surface area contributed by atoms with Gasteiger partial charge in [0.1, 0.15) is 13.2 Å². The largest absolute Gasteiger partial charge is 0.462 e. The summed E-state index contributed by atoms with van der Waals surface area (Å²) in [6.07, 6.45) is 90.9. The Morgan fingerprint density at radius 2 is 0.494 bits per heavy atom. The van der Waals surface area contributed by atoms with Crippen LogP contribution >= 0.6 is 0 Å². The van der Waals surface area contributed by atoms with Gasteiger partial charge in [-0.1, -0.05) is 297 Å². The molecule has 0 aromatic heterocycles. The zero-order chi connectivity index (χ0) is 57.1. The Morgan fingerprint density at radius 3 is 0.797 bits per heavy atom. The van der Waals surface area contributed by atoms with Gasteiger partial charge in [-0.25, -0.2) is 0 Å². The molecule has 6 heteroatoms. The minimum absolute atomic E-state index is 0.0841. The third kappa shape index (κ3) is 64.8. The van der Waals surface area contributed by atoms with Crippen LogP contribution in [-0.4, -0.2) is 37.2 Å². The fourth-order valence-electron chi connectivity index (χ4n) is 9.28. The maximum Gasteiger partial charge on any atom is 0.306 e. The maximum absolute atomic E-state index is 12.9. The molecule has 0 bridgehead atoms. The van der Waals surface area contributed by atoms with Gasteiger partial charge in [-0.15, -0.1) is 0 Å². The van der Waals surface area contributed by atoms with E-state index in [2.05, 4.69) is 130 Å². The highest BCUT2D eigenvalue weighted by atomic mass is 16.6. The summed E-state index contributed by atoms with van der Waals surface area (Å²) in [6, 6.07) is 0. The molecule has 0 spiro atoms. The highest BCUT2D eigenvalue weighted by Gasteiger charge is 2.19. The van der Waals surface area contributed by atoms with Crippen LogP contribution in [0.15, 0.2) is 109 Å². The smallest absolute Gasteiger partial charge is 0.306 e. The fourth-order valence-corrected chi connectivity index (χ4v) is 9.28. The van der Waals surface area contributed by atoms with Crippen LogP contribution < -0.4 is 0 Å². The molecule has 0 aromatic carbocycles. The lowest BCUT2D eigenvalue weighted by Crippen LogP contribution is -2.30. The minimum Gasteiger partial charge on any atom is -0.462 e. The lowest BCUT2D eigenvalue weighted by molar-refractivity contribution is -0.167. The Morgan fingerprint density at radius 1 is 0.266 bits per heavy atom. The van der Waals surface area contributed by atoms with Crippen molar-refractivity contribution in [3.63, 3.8) is 0 Å². The van der Waals surface area contributed by atoms with E-state index >= 15 is 0 Å². The number of carbonyl (C=O) groups excluding carboxylic acids is 3. The van der Waals surface area contributed by atoms with E-state index in [0.717, 1.165) is 128 Å². The van der Waals surface area contributed by atoms with Gasteiger partial charge in [0.25, 0.3) is 0 Å². The summed E-state index contributed by atoms with van der Waals surface area (Å²) in [7, 11) is 0. The van der Waals surface area contributed by atoms with E-state index in [1.54, 1.807) is 0 Å². The van der Waals surface area contributed by atoms with E-state index in [4.69, 9.17) is 14.2 Å². The molecule has 0 saturated heterocycles. The number of rotatable bonds is 60. The van der Waals surface area contributed by atoms with Crippen molar-refractivity contribution in [2.45, 2.75) is 322 Å². The number of carbonyl (C=O) groups is 3. The second-order valence-electron chi connectivity index (χ2n) is 22.0. The van der Waals surface area contributed by atoms with Gasteiger partial charge in [0.05, 0.1) is 0 Å². The average Bonchev–Trinajstić information content (AvgIpc) is 3.45. The van der Waals surface area contributed by atoms with Gasteiger partial charge in [0.15, 0.2) is 6.10 Å². The Labute approximate surface area is 489 Å². The van der Waals surface area contributed by atoms with Crippen LogP contribution in [0.1, 0.15) is 316 Å². The summed E-state index contributed by atoms with van der Waals surface area (Å²) in [5.41, 5.74) is 0. The summed E-state index contributed by atoms with van der Waals surface area (Å²) in [6.45, 7) is 6.51. The molecule has 0 saturated carbocycles. The third-order valence-corrected chi connectivity index (χ3v) is 14.3. The number of hydrogen-bond acceptors (Lipinski definition) is 6. The van der Waals surface area contributed by atoms with Crippen molar-refractivity contribution in [3.05, 3.63) is 109 Å². The van der Waals surface area contributed by atoms with Gasteiger partial charge in [-0.2, -0.15) is 0 Å². The number of esters is 3. The Bertz CT molecular complexity index is 1590. The van der Waals surface area contributed by atoms with E-state index in [0.29, 0.717) is 19.3 Å². The zero-order valence-electron chi connectivity index (χ0n) is 51.9. The van der Waals surface area contributed by atoms with Crippen molar-refractivity contribution < 1.29 is 28.6 Å². The zero-order valence-corrected chi connectivity index (χ0v) is 51.9. The van der Waals surface area contributed by atoms with Crippen molar-refractivity contribution in [2.24, 2.45) is 0 Å². The predicted octanol–water partition coefficient (Wildman–Crippen LogP) is 23.0. The average molecular weight is 1100 g/mol. The molecule has 1 unspecified atom stereocenters. The number of allylic oxidation sites excluding steroid dienone is 18. The van der Waals surface area contributed by atoms with Gasteiger partial charge in [-0.3, -0.25) is 14.4 Å². The highest BCUT2D eigenvalue weighted by molar-refractivity contribution is 5.71. The Hall–Kier alpha value is -3.93. The molecule has 0 aromatic rings. The van der Waals surface area contributed by atoms with Gasteiger partial charge in [0, 0.05) is 19.3 Å². The molecule has 452 valence electrons. The predicted molar refractivity (Wildman–Crippen MR) is 343 cm³/mol. The molecule has 1 atom stereocenters. The Kier molecular flexibility index (Phi) is 63.3. The molecule has 0 amide bonds. The summed E-state index contributed by atoms with van der Waals surface area (Å²) in [5.74, 6) is -0.897. The third-order valence-electron chi connectivity index (χ3n) is 14.3. The van der Waals surface area contributed by atoms with Crippen LogP contribution in [0, 0.1) is 0 Å². The van der Waals surface area contributed by atoms with Crippen LogP contribution in [0.3, 0.4) is 0 Å². The molecule has 0 radical (unpaired) electrons. The second kappa shape index (κ2) is 66.6. The second-order valence-corrected chi connectivity index (χ2v) is 22.0. The first-order chi connectivity index (χ1) is 39.0. The van der Waals surface area contributed by atoms with Crippen molar-refractivity contribution >= 4 is 17.9 Å². The standard InChI is InChI=1S/C73H124O6/c1-4-7-10-13-16-19-22-25-28-30-32-33-34-35-36-37-38-39-41-42-45-48-51-54-57-60-63-66-72(75)78-69-70(68-77-71(74)65-62-59-56-53-50-47-44-27-24-21-18-15-12-9-6-3)79-73(76)67-64-61-58-55-52-49-46-43-40-31-29-26-23-20-17-14-11-8-5-2/h7,10,16-17,19-20,25-26,28-29,32-33,35-36,38-39,42,45,70H,4-6,8-9,11-15,18,21-24,27,30-31,34,37,40-41,43-44,46-69H2,1-3H3/b10-7-,19-16-,20-17-,28-25-,29-26-,33-32-,36-35-,39-38-,45-42-. The normalized spacial score (nSPS) is 12.8. The van der Waals surface area contributed by atoms with Crippen molar-refractivity contribution in [2.75, 3.05) is 13.2 Å². The van der Waals surface area contributed by atoms with E-state index in [9.17, 15) is 14.4 Å². The van der Waals surface area contributed by atoms with E-state index in [1.807, 2.05) is 0 Å². The van der Waals surface area contributed by atoms with Crippen LogP contribution in [0.5, 0.6) is 0 Å². The number of hydrogen-bond donors (Lipinski definition) is 0. The molecular weight excluding hydrogens is 973 g/mol. The van der Waals surface area contributed by atoms with Crippen LogP contribution in [0.4, 0.5) is 0 Å². The fraction of sp³-hybridized carbons (Fsp3) is 0.712. The molecule has 0 aliphatic carbocycles. The number of unbranched alkanes of at least 4 members (excludes halogenated alkanes) is 31. The minimum atomic E-state index is -0.790. The van der Waals surface area contributed by atoms with Gasteiger partial charge >= 0.3 is 17.9 Å². The first-order valence-corrected chi connectivity index (χ1v) is 33.4. The van der Waals surface area contributed by atoms with Crippen LogP contribution in [-0.2, 0) is 28.6 Å². The topological polar surface area (TPSA) is 78.9 Å². The molecule has 6 nitrogen and oxygen atoms in total. The van der Waals surface area contributed by atoms with E-state index in [1.165, 1.54) is 148 Å². The van der Waals surface area contributed by atoms with Gasteiger partial charge in [-0.05, 0) is 109 Å². The molecule has 0 rings (SSSR count). The van der Waals surface area contributed by atoms with Crippen molar-refractivity contribution in [1.29, 1.82) is 0 Å². The van der Waals surface area contributed by atoms with Crippen molar-refractivity contribution in [3.8, 4) is 0 Å². The van der Waals surface area contributed by atoms with E-state index in [-0.39, 0.29) is 31.1 Å². The SMILES string of the molecule is CC/C=C\C/C=C\C/C=C\C/C=C\C/C=C\C/C=C\C/C=C\CCCCCCCC(=O)OCC(COC(=O)CCCCCCCCCCCCCCCCC)OC(=O)CCCCCCCCCCC/C=C\C/C=C\CCCCC. The molecular formula is C73H124O6. The van der Waals surface area contributed by atoms with Gasteiger partial charge in [0.2, 0.25) is 0 Å². The highest BCUT2D eigenvalue weighted by Crippen LogP contribution is 2.16. The first-order valence-electron chi connectivity index (χ1n) is 33.4. The monoisotopic (exact) mass is 1100 g/mol. The Balaban J connectivity index is 4.40. The summed E-state index contributed by atoms with van der Waals surface area (Å²) in [4.78, 5) is 38.4. The van der Waals surface area contributed by atoms with Crippen LogP contribution in [0.25, 0.3) is 0 Å². The molecule has 0 fully saturated rings. The summed E-state index contributed by atoms with van der Waals surface area (Å²) in [5, 5.41) is 0. The lowest BCUT2D eigenvalue weighted by Gasteiger charge is -2.18. The first kappa shape index (κ1) is 75.1. The van der Waals surface area contributed by atoms with E-state index < -0.39 is 6.10 Å². The number of ether oxygens (including phenoxy) is 3. The van der Waals surface area contributed by atoms with Gasteiger partial charge < -0.3 is 14.2 Å². The lowest BCUT2D eigenvalue weighted by atomic mass is 10.0. The molecule has 0 heterocycles. The molecule has 0 aliphatic heterocycles. The quantitative estimate of drug-likeness (QED) is 0.0261.